The fourth-order valence-corrected chi connectivity index (χ4v) is 1.41. The lowest BCUT2D eigenvalue weighted by Gasteiger charge is -2.12. The van der Waals surface area contributed by atoms with E-state index in [4.69, 9.17) is 0 Å². The Bertz CT molecular complexity index is 240. The van der Waals surface area contributed by atoms with Gasteiger partial charge in [0.15, 0.2) is 0 Å². The number of rotatable bonds is 5. The van der Waals surface area contributed by atoms with Gasteiger partial charge in [0, 0.05) is 13.1 Å². The first-order valence-corrected chi connectivity index (χ1v) is 4.78. The molecule has 0 aliphatic carbocycles. The molecule has 1 aromatic rings. The SMILES string of the molecule is CCC(CCc1cnnn1C)NC. The normalized spacial score (nSPS) is 13.2. The molecular weight excluding hydrogens is 164 g/mol. The van der Waals surface area contributed by atoms with Crippen molar-refractivity contribution in [2.45, 2.75) is 32.2 Å². The van der Waals surface area contributed by atoms with Gasteiger partial charge < -0.3 is 5.32 Å². The molecule has 0 radical (unpaired) electrons. The van der Waals surface area contributed by atoms with Crippen molar-refractivity contribution < 1.29 is 0 Å². The van der Waals surface area contributed by atoms with Crippen LogP contribution in [0.15, 0.2) is 6.20 Å². The number of hydrogen-bond donors (Lipinski definition) is 1. The quantitative estimate of drug-likeness (QED) is 0.730. The third-order valence-corrected chi connectivity index (χ3v) is 2.46. The summed E-state index contributed by atoms with van der Waals surface area (Å²) in [5.41, 5.74) is 1.20. The zero-order valence-electron chi connectivity index (χ0n) is 8.62. The standard InChI is InChI=1S/C9H18N4/c1-4-8(10-2)5-6-9-7-11-12-13(9)3/h7-8,10H,4-6H2,1-3H3. The van der Waals surface area contributed by atoms with Crippen LogP contribution in [0.5, 0.6) is 0 Å². The molecule has 4 nitrogen and oxygen atoms in total. The van der Waals surface area contributed by atoms with Gasteiger partial charge in [0.1, 0.15) is 0 Å². The topological polar surface area (TPSA) is 42.7 Å². The van der Waals surface area contributed by atoms with Gasteiger partial charge in [-0.3, -0.25) is 4.68 Å². The van der Waals surface area contributed by atoms with E-state index in [9.17, 15) is 0 Å². The van der Waals surface area contributed by atoms with Crippen LogP contribution in [0.2, 0.25) is 0 Å². The molecule has 0 spiro atoms. The number of nitrogens with zero attached hydrogens (tertiary/aromatic N) is 3. The first-order chi connectivity index (χ1) is 6.27. The van der Waals surface area contributed by atoms with Crippen LogP contribution in [0.3, 0.4) is 0 Å². The van der Waals surface area contributed by atoms with Gasteiger partial charge in [0.05, 0.1) is 11.9 Å². The molecule has 1 heterocycles. The summed E-state index contributed by atoms with van der Waals surface area (Å²) in [5, 5.41) is 11.0. The largest absolute Gasteiger partial charge is 0.317 e. The van der Waals surface area contributed by atoms with Gasteiger partial charge in [0.25, 0.3) is 0 Å². The minimum atomic E-state index is 0.606. The summed E-state index contributed by atoms with van der Waals surface area (Å²) >= 11 is 0. The van der Waals surface area contributed by atoms with Crippen LogP contribution in [0.25, 0.3) is 0 Å². The average molecular weight is 182 g/mol. The summed E-state index contributed by atoms with van der Waals surface area (Å²) in [6.07, 6.45) is 5.20. The van der Waals surface area contributed by atoms with Crippen LogP contribution in [0, 0.1) is 0 Å². The number of hydrogen-bond acceptors (Lipinski definition) is 3. The van der Waals surface area contributed by atoms with Gasteiger partial charge >= 0.3 is 0 Å². The second kappa shape index (κ2) is 4.97. The highest BCUT2D eigenvalue weighted by atomic mass is 15.4. The Labute approximate surface area is 79.3 Å². The van der Waals surface area contributed by atoms with Crippen molar-refractivity contribution in [1.82, 2.24) is 20.3 Å². The van der Waals surface area contributed by atoms with E-state index in [1.54, 1.807) is 0 Å². The molecule has 4 heteroatoms. The van der Waals surface area contributed by atoms with E-state index >= 15 is 0 Å². The Balaban J connectivity index is 2.38. The minimum absolute atomic E-state index is 0.606. The van der Waals surface area contributed by atoms with E-state index in [1.165, 1.54) is 12.1 Å². The van der Waals surface area contributed by atoms with Crippen LogP contribution in [-0.4, -0.2) is 28.1 Å². The molecule has 13 heavy (non-hydrogen) atoms. The molecule has 0 saturated carbocycles. The van der Waals surface area contributed by atoms with Crippen molar-refractivity contribution in [1.29, 1.82) is 0 Å². The lowest BCUT2D eigenvalue weighted by molar-refractivity contribution is 0.499. The molecule has 0 aliphatic rings. The van der Waals surface area contributed by atoms with Crippen LogP contribution in [0.1, 0.15) is 25.5 Å². The van der Waals surface area contributed by atoms with E-state index in [-0.39, 0.29) is 0 Å². The van der Waals surface area contributed by atoms with Crippen molar-refractivity contribution in [3.05, 3.63) is 11.9 Å². The first kappa shape index (κ1) is 10.2. The third kappa shape index (κ3) is 2.81. The first-order valence-electron chi connectivity index (χ1n) is 4.78. The molecule has 1 atom stereocenters. The molecule has 0 bridgehead atoms. The van der Waals surface area contributed by atoms with Gasteiger partial charge in [-0.15, -0.1) is 5.10 Å². The smallest absolute Gasteiger partial charge is 0.0724 e. The van der Waals surface area contributed by atoms with Gasteiger partial charge in [-0.2, -0.15) is 0 Å². The number of aromatic nitrogens is 3. The monoisotopic (exact) mass is 182 g/mol. The maximum absolute atomic E-state index is 3.89. The van der Waals surface area contributed by atoms with E-state index in [0.29, 0.717) is 6.04 Å². The number of nitrogens with one attached hydrogen (secondary N) is 1. The summed E-state index contributed by atoms with van der Waals surface area (Å²) in [6, 6.07) is 0.606. The number of aryl methyl sites for hydroxylation is 2. The summed E-state index contributed by atoms with van der Waals surface area (Å²) in [4.78, 5) is 0. The van der Waals surface area contributed by atoms with Crippen molar-refractivity contribution >= 4 is 0 Å². The fourth-order valence-electron chi connectivity index (χ4n) is 1.41. The summed E-state index contributed by atoms with van der Waals surface area (Å²) in [5.74, 6) is 0. The fraction of sp³-hybridized carbons (Fsp3) is 0.778. The molecule has 1 rings (SSSR count). The van der Waals surface area contributed by atoms with Crippen LogP contribution >= 0.6 is 0 Å². The Morgan fingerprint density at radius 3 is 2.85 bits per heavy atom. The van der Waals surface area contributed by atoms with E-state index in [0.717, 1.165) is 12.8 Å². The molecule has 74 valence electrons. The summed E-state index contributed by atoms with van der Waals surface area (Å²) in [7, 11) is 3.94. The Morgan fingerprint density at radius 2 is 2.38 bits per heavy atom. The second-order valence-corrected chi connectivity index (χ2v) is 3.28. The average Bonchev–Trinajstić information content (AvgIpc) is 2.54. The molecule has 0 amide bonds. The molecular formula is C9H18N4. The maximum Gasteiger partial charge on any atom is 0.0724 e. The lowest BCUT2D eigenvalue weighted by atomic mass is 10.1. The van der Waals surface area contributed by atoms with Gasteiger partial charge in [-0.1, -0.05) is 12.1 Å². The second-order valence-electron chi connectivity index (χ2n) is 3.28. The van der Waals surface area contributed by atoms with E-state index in [2.05, 4.69) is 22.6 Å². The predicted molar refractivity (Wildman–Crippen MR) is 52.5 cm³/mol. The van der Waals surface area contributed by atoms with Crippen LogP contribution < -0.4 is 5.32 Å². The van der Waals surface area contributed by atoms with E-state index < -0.39 is 0 Å². The highest BCUT2D eigenvalue weighted by Crippen LogP contribution is 2.04. The van der Waals surface area contributed by atoms with Gasteiger partial charge in [-0.05, 0) is 26.3 Å². The maximum atomic E-state index is 3.89. The van der Waals surface area contributed by atoms with Gasteiger partial charge in [-0.25, -0.2) is 0 Å². The third-order valence-electron chi connectivity index (χ3n) is 2.46. The summed E-state index contributed by atoms with van der Waals surface area (Å²) < 4.78 is 1.84. The van der Waals surface area contributed by atoms with Gasteiger partial charge in [0.2, 0.25) is 0 Å². The van der Waals surface area contributed by atoms with Crippen molar-refractivity contribution in [3.63, 3.8) is 0 Å². The zero-order valence-corrected chi connectivity index (χ0v) is 8.62. The Kier molecular flexibility index (Phi) is 3.89. The highest BCUT2D eigenvalue weighted by Gasteiger charge is 2.05. The molecule has 0 saturated heterocycles. The molecule has 1 N–H and O–H groups in total. The Hall–Kier alpha value is -0.900. The predicted octanol–water partition coefficient (Wildman–Crippen LogP) is 0.746. The molecule has 0 aliphatic heterocycles. The van der Waals surface area contributed by atoms with Crippen LogP contribution in [-0.2, 0) is 13.5 Å². The highest BCUT2D eigenvalue weighted by molar-refractivity contribution is 4.93. The van der Waals surface area contributed by atoms with Crippen molar-refractivity contribution in [3.8, 4) is 0 Å². The van der Waals surface area contributed by atoms with Crippen LogP contribution in [0.4, 0.5) is 0 Å². The lowest BCUT2D eigenvalue weighted by Crippen LogP contribution is -2.24. The molecule has 0 fully saturated rings. The molecule has 1 unspecified atom stereocenters. The molecule has 1 aromatic heterocycles. The minimum Gasteiger partial charge on any atom is -0.317 e. The van der Waals surface area contributed by atoms with E-state index in [1.807, 2.05) is 25.0 Å². The zero-order chi connectivity index (χ0) is 9.68. The van der Waals surface area contributed by atoms with Crippen molar-refractivity contribution in [2.75, 3.05) is 7.05 Å². The van der Waals surface area contributed by atoms with Crippen molar-refractivity contribution in [2.24, 2.45) is 7.05 Å². The Morgan fingerprint density at radius 1 is 1.62 bits per heavy atom. The molecule has 0 aromatic carbocycles. The summed E-state index contributed by atoms with van der Waals surface area (Å²) in [6.45, 7) is 2.20.